The highest BCUT2D eigenvalue weighted by atomic mass is 35.5. The van der Waals surface area contributed by atoms with Crippen molar-refractivity contribution in [3.05, 3.63) is 88.0 Å². The van der Waals surface area contributed by atoms with E-state index < -0.39 is 0 Å². The number of thiophene rings is 1. The van der Waals surface area contributed by atoms with Crippen molar-refractivity contribution in [3.63, 3.8) is 0 Å². The van der Waals surface area contributed by atoms with E-state index in [0.29, 0.717) is 26.8 Å². The Kier molecular flexibility index (Phi) is 5.29. The van der Waals surface area contributed by atoms with Crippen LogP contribution < -0.4 is 10.6 Å². The van der Waals surface area contributed by atoms with Crippen LogP contribution in [0.1, 0.15) is 25.6 Å². The number of amides is 2. The van der Waals surface area contributed by atoms with E-state index in [2.05, 4.69) is 15.6 Å². The fraction of sp³-hybridized carbons (Fsp3) is 0.0455. The Labute approximate surface area is 176 Å². The quantitative estimate of drug-likeness (QED) is 0.440. The van der Waals surface area contributed by atoms with Gasteiger partial charge in [0, 0.05) is 16.3 Å². The minimum atomic E-state index is -0.351. The molecule has 0 unspecified atom stereocenters. The first-order valence-corrected chi connectivity index (χ1v) is 10.0. The Morgan fingerprint density at radius 2 is 1.83 bits per heavy atom. The molecule has 2 aromatic carbocycles. The number of aromatic nitrogens is 1. The fourth-order valence-electron chi connectivity index (χ4n) is 2.93. The molecule has 5 nitrogen and oxygen atoms in total. The average molecular weight is 422 g/mol. The monoisotopic (exact) mass is 421 g/mol. The molecular formula is C22H16ClN3O2S. The van der Waals surface area contributed by atoms with Crippen LogP contribution in [0.2, 0.25) is 5.02 Å². The number of aryl methyl sites for hydroxylation is 1. The number of nitrogens with zero attached hydrogens (tertiary/aromatic N) is 1. The molecule has 0 aliphatic rings. The standard InChI is InChI=1S/C22H16ClN3O2S/c1-13-8-9-17(16(11-13)21(27)25-14-5-4-10-24-12-14)26-22(28)20-19(23)15-6-2-3-7-18(15)29-20/h2-12H,1H3,(H,25,27)(H,26,28). The van der Waals surface area contributed by atoms with Crippen molar-refractivity contribution in [2.45, 2.75) is 6.92 Å². The molecule has 0 saturated heterocycles. The maximum atomic E-state index is 12.9. The summed E-state index contributed by atoms with van der Waals surface area (Å²) in [6.07, 6.45) is 3.19. The number of halogens is 1. The molecule has 144 valence electrons. The highest BCUT2D eigenvalue weighted by molar-refractivity contribution is 7.21. The lowest BCUT2D eigenvalue weighted by Gasteiger charge is -2.12. The number of carbonyl (C=O) groups is 2. The van der Waals surface area contributed by atoms with Gasteiger partial charge in [-0.05, 0) is 37.3 Å². The van der Waals surface area contributed by atoms with Gasteiger partial charge in [0.1, 0.15) is 4.88 Å². The topological polar surface area (TPSA) is 71.1 Å². The number of nitrogens with one attached hydrogen (secondary N) is 2. The van der Waals surface area contributed by atoms with Gasteiger partial charge in [-0.25, -0.2) is 0 Å². The van der Waals surface area contributed by atoms with E-state index in [-0.39, 0.29) is 11.8 Å². The molecule has 0 saturated carbocycles. The lowest BCUT2D eigenvalue weighted by Crippen LogP contribution is -2.18. The van der Waals surface area contributed by atoms with E-state index in [1.54, 1.807) is 36.7 Å². The number of pyridine rings is 1. The summed E-state index contributed by atoms with van der Waals surface area (Å²) in [6.45, 7) is 1.88. The van der Waals surface area contributed by atoms with Crippen molar-refractivity contribution in [1.82, 2.24) is 4.98 Å². The van der Waals surface area contributed by atoms with E-state index >= 15 is 0 Å². The van der Waals surface area contributed by atoms with Gasteiger partial charge in [-0.3, -0.25) is 14.6 Å². The van der Waals surface area contributed by atoms with Gasteiger partial charge in [0.2, 0.25) is 0 Å². The second kappa shape index (κ2) is 8.03. The summed E-state index contributed by atoms with van der Waals surface area (Å²) in [5, 5.41) is 6.88. The maximum Gasteiger partial charge on any atom is 0.267 e. The van der Waals surface area contributed by atoms with E-state index in [1.165, 1.54) is 11.3 Å². The molecular weight excluding hydrogens is 406 g/mol. The number of fused-ring (bicyclic) bond motifs is 1. The summed E-state index contributed by atoms with van der Waals surface area (Å²) < 4.78 is 0.932. The lowest BCUT2D eigenvalue weighted by atomic mass is 10.1. The molecule has 2 heterocycles. The van der Waals surface area contributed by atoms with Crippen LogP contribution >= 0.6 is 22.9 Å². The summed E-state index contributed by atoms with van der Waals surface area (Å²) in [7, 11) is 0. The van der Waals surface area contributed by atoms with Crippen LogP contribution in [0, 0.1) is 6.92 Å². The normalized spacial score (nSPS) is 10.7. The van der Waals surface area contributed by atoms with Gasteiger partial charge in [0.15, 0.2) is 0 Å². The number of hydrogen-bond donors (Lipinski definition) is 2. The predicted octanol–water partition coefficient (Wildman–Crippen LogP) is 5.76. The maximum absolute atomic E-state index is 12.9. The molecule has 0 radical (unpaired) electrons. The number of benzene rings is 2. The summed E-state index contributed by atoms with van der Waals surface area (Å²) in [4.78, 5) is 30.1. The summed E-state index contributed by atoms with van der Waals surface area (Å²) in [5.41, 5.74) is 2.25. The average Bonchev–Trinajstić information content (AvgIpc) is 3.07. The predicted molar refractivity (Wildman–Crippen MR) is 118 cm³/mol. The van der Waals surface area contributed by atoms with Crippen molar-refractivity contribution < 1.29 is 9.59 Å². The number of anilines is 2. The number of hydrogen-bond acceptors (Lipinski definition) is 4. The second-order valence-corrected chi connectivity index (χ2v) is 7.87. The van der Waals surface area contributed by atoms with Gasteiger partial charge < -0.3 is 10.6 Å². The molecule has 29 heavy (non-hydrogen) atoms. The van der Waals surface area contributed by atoms with Gasteiger partial charge in [0.05, 0.1) is 28.2 Å². The zero-order valence-corrected chi connectivity index (χ0v) is 17.0. The van der Waals surface area contributed by atoms with Crippen LogP contribution in [-0.4, -0.2) is 16.8 Å². The zero-order chi connectivity index (χ0) is 20.4. The lowest BCUT2D eigenvalue weighted by molar-refractivity contribution is 0.102. The second-order valence-electron chi connectivity index (χ2n) is 6.44. The Hall–Kier alpha value is -3.22. The van der Waals surface area contributed by atoms with Gasteiger partial charge in [-0.1, -0.05) is 41.4 Å². The zero-order valence-electron chi connectivity index (χ0n) is 15.4. The van der Waals surface area contributed by atoms with Crippen LogP contribution in [0.25, 0.3) is 10.1 Å². The molecule has 4 aromatic rings. The molecule has 0 aliphatic heterocycles. The first-order chi connectivity index (χ1) is 14.0. The highest BCUT2D eigenvalue weighted by Crippen LogP contribution is 2.35. The van der Waals surface area contributed by atoms with Gasteiger partial charge in [-0.2, -0.15) is 0 Å². The summed E-state index contributed by atoms with van der Waals surface area (Å²) >= 11 is 7.73. The third-order valence-electron chi connectivity index (χ3n) is 4.33. The van der Waals surface area contributed by atoms with Crippen LogP contribution in [0.15, 0.2) is 67.0 Å². The number of rotatable bonds is 4. The van der Waals surface area contributed by atoms with Crippen LogP contribution in [0.3, 0.4) is 0 Å². The molecule has 0 spiro atoms. The molecule has 2 N–H and O–H groups in total. The van der Waals surface area contributed by atoms with Crippen LogP contribution in [0.4, 0.5) is 11.4 Å². The third-order valence-corrected chi connectivity index (χ3v) is 6.00. The molecule has 0 fully saturated rings. The minimum Gasteiger partial charge on any atom is -0.321 e. The Bertz CT molecular complexity index is 1220. The Morgan fingerprint density at radius 3 is 2.59 bits per heavy atom. The van der Waals surface area contributed by atoms with Crippen molar-refractivity contribution in [2.24, 2.45) is 0 Å². The van der Waals surface area contributed by atoms with Crippen molar-refractivity contribution >= 4 is 56.2 Å². The Morgan fingerprint density at radius 1 is 1.00 bits per heavy atom. The van der Waals surface area contributed by atoms with Gasteiger partial charge >= 0.3 is 0 Å². The number of carbonyl (C=O) groups excluding carboxylic acids is 2. The third kappa shape index (κ3) is 3.99. The summed E-state index contributed by atoms with van der Waals surface area (Å²) in [6, 6.07) is 16.3. The van der Waals surface area contributed by atoms with Crippen LogP contribution in [-0.2, 0) is 0 Å². The van der Waals surface area contributed by atoms with E-state index in [4.69, 9.17) is 11.6 Å². The molecule has 2 aromatic heterocycles. The fourth-order valence-corrected chi connectivity index (χ4v) is 4.34. The van der Waals surface area contributed by atoms with Gasteiger partial charge in [-0.15, -0.1) is 11.3 Å². The molecule has 4 rings (SSSR count). The smallest absolute Gasteiger partial charge is 0.267 e. The minimum absolute atomic E-state index is 0.334. The first-order valence-electron chi connectivity index (χ1n) is 8.83. The van der Waals surface area contributed by atoms with E-state index in [9.17, 15) is 9.59 Å². The van der Waals surface area contributed by atoms with E-state index in [1.807, 2.05) is 37.3 Å². The van der Waals surface area contributed by atoms with Crippen molar-refractivity contribution in [1.29, 1.82) is 0 Å². The Balaban J connectivity index is 1.64. The highest BCUT2D eigenvalue weighted by Gasteiger charge is 2.20. The molecule has 0 atom stereocenters. The molecule has 0 bridgehead atoms. The molecule has 7 heteroatoms. The van der Waals surface area contributed by atoms with Crippen molar-refractivity contribution in [3.8, 4) is 0 Å². The van der Waals surface area contributed by atoms with E-state index in [0.717, 1.165) is 15.6 Å². The molecule has 0 aliphatic carbocycles. The van der Waals surface area contributed by atoms with Crippen molar-refractivity contribution in [2.75, 3.05) is 10.6 Å². The van der Waals surface area contributed by atoms with Gasteiger partial charge in [0.25, 0.3) is 11.8 Å². The largest absolute Gasteiger partial charge is 0.321 e. The SMILES string of the molecule is Cc1ccc(NC(=O)c2sc3ccccc3c2Cl)c(C(=O)Nc2cccnc2)c1. The summed E-state index contributed by atoms with van der Waals surface area (Å²) in [5.74, 6) is -0.685. The van der Waals surface area contributed by atoms with Crippen LogP contribution in [0.5, 0.6) is 0 Å². The first kappa shape index (κ1) is 19.1. The molecule has 2 amide bonds.